The molecule has 2 heterocycles. The molecule has 2 aromatic heterocycles. The van der Waals surface area contributed by atoms with Gasteiger partial charge in [0.25, 0.3) is 0 Å². The van der Waals surface area contributed by atoms with Gasteiger partial charge in [0.05, 0.1) is 16.6 Å². The van der Waals surface area contributed by atoms with Crippen molar-refractivity contribution >= 4 is 45.3 Å². The van der Waals surface area contributed by atoms with E-state index < -0.39 is 0 Å². The molecule has 1 aromatic carbocycles. The molecule has 5 heteroatoms. The zero-order valence-corrected chi connectivity index (χ0v) is 12.8. The first kappa shape index (κ1) is 12.9. The Labute approximate surface area is 129 Å². The van der Waals surface area contributed by atoms with Gasteiger partial charge in [-0.2, -0.15) is 5.26 Å². The second kappa shape index (κ2) is 5.13. The topological polar surface area (TPSA) is 54.8 Å². The highest BCUT2D eigenvalue weighted by atomic mass is 127. The highest BCUT2D eigenvalue weighted by Gasteiger charge is 2.12. The third-order valence-electron chi connectivity index (χ3n) is 3.03. The molecule has 4 nitrogen and oxygen atoms in total. The molecule has 0 spiro atoms. The van der Waals surface area contributed by atoms with E-state index in [9.17, 15) is 5.26 Å². The van der Waals surface area contributed by atoms with Crippen molar-refractivity contribution in [3.63, 3.8) is 0 Å². The Bertz CT molecular complexity index is 852. The highest BCUT2D eigenvalue weighted by molar-refractivity contribution is 14.1. The van der Waals surface area contributed by atoms with Gasteiger partial charge >= 0.3 is 0 Å². The van der Waals surface area contributed by atoms with Crippen LogP contribution in [0, 0.1) is 15.1 Å². The van der Waals surface area contributed by atoms with Crippen molar-refractivity contribution < 1.29 is 4.42 Å². The summed E-state index contributed by atoms with van der Waals surface area (Å²) in [5.41, 5.74) is 2.35. The third kappa shape index (κ3) is 2.23. The number of furan rings is 1. The predicted octanol–water partition coefficient (Wildman–Crippen LogP) is 3.84. The van der Waals surface area contributed by atoms with Gasteiger partial charge in [-0.15, -0.1) is 0 Å². The molecule has 0 atom stereocenters. The van der Waals surface area contributed by atoms with Crippen LogP contribution >= 0.6 is 22.6 Å². The zero-order valence-electron chi connectivity index (χ0n) is 10.7. The van der Waals surface area contributed by atoms with Crippen LogP contribution in [0.15, 0.2) is 40.8 Å². The first-order valence-corrected chi connectivity index (χ1v) is 7.06. The monoisotopic (exact) mass is 375 g/mol. The number of nitrogens with zero attached hydrogens (tertiary/aromatic N) is 3. The van der Waals surface area contributed by atoms with E-state index in [1.54, 1.807) is 6.08 Å². The fourth-order valence-corrected chi connectivity index (χ4v) is 2.52. The van der Waals surface area contributed by atoms with Crippen LogP contribution in [0.1, 0.15) is 11.6 Å². The number of benzene rings is 1. The lowest BCUT2D eigenvalue weighted by molar-refractivity contribution is 0.528. The molecule has 3 aromatic rings. The average molecular weight is 375 g/mol. The lowest BCUT2D eigenvalue weighted by atomic mass is 10.2. The Morgan fingerprint density at radius 2 is 2.15 bits per heavy atom. The smallest absolute Gasteiger partial charge is 0.164 e. The van der Waals surface area contributed by atoms with E-state index in [0.29, 0.717) is 17.2 Å². The van der Waals surface area contributed by atoms with Crippen molar-refractivity contribution in [1.29, 1.82) is 5.26 Å². The van der Waals surface area contributed by atoms with E-state index in [1.165, 1.54) is 0 Å². The maximum atomic E-state index is 9.38. The van der Waals surface area contributed by atoms with Crippen molar-refractivity contribution in [2.24, 2.45) is 7.05 Å². The molecule has 0 radical (unpaired) electrons. The van der Waals surface area contributed by atoms with Crippen LogP contribution in [0.5, 0.6) is 0 Å². The fraction of sp³-hybridized carbons (Fsp3) is 0.0667. The summed E-state index contributed by atoms with van der Waals surface area (Å²) in [4.78, 5) is 4.52. The molecule has 20 heavy (non-hydrogen) atoms. The molecule has 0 saturated carbocycles. The standard InChI is InChI=1S/C15H10IN3O/c1-19-13-5-3-2-4-12(13)18-15(19)10(9-17)8-11-6-7-14(16)20-11/h2-8H,1H3. The number of aryl methyl sites for hydroxylation is 1. The van der Waals surface area contributed by atoms with Gasteiger partial charge in [0.2, 0.25) is 0 Å². The lowest BCUT2D eigenvalue weighted by Gasteiger charge is -1.99. The van der Waals surface area contributed by atoms with Gasteiger partial charge in [0.1, 0.15) is 11.8 Å². The molecule has 0 aliphatic rings. The number of allylic oxidation sites excluding steroid dienone is 1. The molecule has 0 aliphatic heterocycles. The molecule has 0 amide bonds. The van der Waals surface area contributed by atoms with Crippen molar-refractivity contribution in [2.75, 3.05) is 0 Å². The molecule has 98 valence electrons. The Kier molecular flexibility index (Phi) is 3.32. The summed E-state index contributed by atoms with van der Waals surface area (Å²) >= 11 is 2.09. The SMILES string of the molecule is Cn1c(C(C#N)=Cc2ccc(I)o2)nc2ccccc21. The summed E-state index contributed by atoms with van der Waals surface area (Å²) in [5, 5.41) is 9.38. The predicted molar refractivity (Wildman–Crippen MR) is 85.6 cm³/mol. The summed E-state index contributed by atoms with van der Waals surface area (Å²) in [6.07, 6.45) is 1.71. The minimum atomic E-state index is 0.481. The molecular formula is C15H10IN3O. The number of imidazole rings is 1. The number of nitriles is 1. The second-order valence-corrected chi connectivity index (χ2v) is 5.36. The maximum Gasteiger partial charge on any atom is 0.164 e. The Balaban J connectivity index is 2.15. The van der Waals surface area contributed by atoms with Crippen LogP contribution in [0.4, 0.5) is 0 Å². The summed E-state index contributed by atoms with van der Waals surface area (Å²) in [6.45, 7) is 0. The van der Waals surface area contributed by atoms with Gasteiger partial charge in [-0.25, -0.2) is 4.98 Å². The molecule has 0 bridgehead atoms. The summed E-state index contributed by atoms with van der Waals surface area (Å²) in [7, 11) is 1.90. The second-order valence-electron chi connectivity index (χ2n) is 4.29. The molecule has 0 aliphatic carbocycles. The number of hydrogen-bond donors (Lipinski definition) is 0. The van der Waals surface area contributed by atoms with Crippen molar-refractivity contribution in [3.05, 3.63) is 51.7 Å². The molecule has 0 saturated heterocycles. The van der Waals surface area contributed by atoms with Gasteiger partial charge < -0.3 is 8.98 Å². The van der Waals surface area contributed by atoms with Gasteiger partial charge in [-0.1, -0.05) is 12.1 Å². The molecular weight excluding hydrogens is 365 g/mol. The van der Waals surface area contributed by atoms with Gasteiger partial charge in [0.15, 0.2) is 9.59 Å². The Morgan fingerprint density at radius 3 is 2.80 bits per heavy atom. The third-order valence-corrected chi connectivity index (χ3v) is 3.61. The van der Waals surface area contributed by atoms with Gasteiger partial charge in [-0.05, 0) is 46.9 Å². The van der Waals surface area contributed by atoms with E-state index in [1.807, 2.05) is 48.0 Å². The number of para-hydroxylation sites is 2. The van der Waals surface area contributed by atoms with E-state index in [0.717, 1.165) is 14.8 Å². The first-order valence-electron chi connectivity index (χ1n) is 5.98. The van der Waals surface area contributed by atoms with Gasteiger partial charge in [-0.3, -0.25) is 0 Å². The lowest BCUT2D eigenvalue weighted by Crippen LogP contribution is -1.95. The van der Waals surface area contributed by atoms with E-state index in [-0.39, 0.29) is 0 Å². The van der Waals surface area contributed by atoms with Crippen LogP contribution in [-0.2, 0) is 7.05 Å². The number of fused-ring (bicyclic) bond motifs is 1. The number of halogens is 1. The van der Waals surface area contributed by atoms with E-state index in [2.05, 4.69) is 33.6 Å². The fourth-order valence-electron chi connectivity index (χ4n) is 2.08. The van der Waals surface area contributed by atoms with Crippen LogP contribution < -0.4 is 0 Å². The largest absolute Gasteiger partial charge is 0.451 e. The quantitative estimate of drug-likeness (QED) is 0.505. The van der Waals surface area contributed by atoms with E-state index >= 15 is 0 Å². The normalized spacial score (nSPS) is 11.8. The van der Waals surface area contributed by atoms with Crippen molar-refractivity contribution in [3.8, 4) is 6.07 Å². The van der Waals surface area contributed by atoms with E-state index in [4.69, 9.17) is 4.42 Å². The maximum absolute atomic E-state index is 9.38. The summed E-state index contributed by atoms with van der Waals surface area (Å²) in [6, 6.07) is 13.7. The van der Waals surface area contributed by atoms with Crippen molar-refractivity contribution in [1.82, 2.24) is 9.55 Å². The molecule has 0 N–H and O–H groups in total. The Morgan fingerprint density at radius 1 is 1.35 bits per heavy atom. The number of aromatic nitrogens is 2. The minimum Gasteiger partial charge on any atom is -0.451 e. The van der Waals surface area contributed by atoms with Crippen molar-refractivity contribution in [2.45, 2.75) is 0 Å². The first-order chi connectivity index (χ1) is 9.69. The Hall–Kier alpha value is -2.07. The zero-order chi connectivity index (χ0) is 14.1. The van der Waals surface area contributed by atoms with Crippen LogP contribution in [0.25, 0.3) is 22.7 Å². The summed E-state index contributed by atoms with van der Waals surface area (Å²) < 4.78 is 8.18. The van der Waals surface area contributed by atoms with Crippen LogP contribution in [0.3, 0.4) is 0 Å². The van der Waals surface area contributed by atoms with Gasteiger partial charge in [0, 0.05) is 13.1 Å². The summed E-state index contributed by atoms with van der Waals surface area (Å²) in [5.74, 6) is 1.29. The molecule has 0 fully saturated rings. The average Bonchev–Trinajstić information content (AvgIpc) is 3.01. The van der Waals surface area contributed by atoms with Crippen LogP contribution in [-0.4, -0.2) is 9.55 Å². The minimum absolute atomic E-state index is 0.481. The number of rotatable bonds is 2. The molecule has 0 unspecified atom stereocenters. The highest BCUT2D eigenvalue weighted by Crippen LogP contribution is 2.22. The van der Waals surface area contributed by atoms with Crippen LogP contribution in [0.2, 0.25) is 0 Å². The number of hydrogen-bond acceptors (Lipinski definition) is 3. The molecule has 3 rings (SSSR count).